The van der Waals surface area contributed by atoms with E-state index in [1.165, 1.54) is 11.0 Å². The van der Waals surface area contributed by atoms with Crippen molar-refractivity contribution < 1.29 is 17.9 Å². The molecule has 1 rings (SSSR count). The van der Waals surface area contributed by atoms with Crippen LogP contribution in [0, 0.1) is 0 Å². The lowest BCUT2D eigenvalue weighted by molar-refractivity contribution is 0.0744. The van der Waals surface area contributed by atoms with Gasteiger partial charge in [-0.1, -0.05) is 13.0 Å². The highest BCUT2D eigenvalue weighted by atomic mass is 32.2. The summed E-state index contributed by atoms with van der Waals surface area (Å²) in [6, 6.07) is 4.57. The summed E-state index contributed by atoms with van der Waals surface area (Å²) in [5.74, 6) is -0.269. The third kappa shape index (κ3) is 4.03. The van der Waals surface area contributed by atoms with Gasteiger partial charge in [-0.05, 0) is 24.1 Å². The Balaban J connectivity index is 3.12. The molecular formula is C13H20N2O4S. The van der Waals surface area contributed by atoms with Crippen molar-refractivity contribution in [3.05, 3.63) is 29.3 Å². The summed E-state index contributed by atoms with van der Waals surface area (Å²) in [5.41, 5.74) is 0.897. The van der Waals surface area contributed by atoms with Crippen LogP contribution in [0.15, 0.2) is 23.1 Å². The fraction of sp³-hybridized carbons (Fsp3) is 0.462. The maximum Gasteiger partial charge on any atom is 0.253 e. The van der Waals surface area contributed by atoms with Crippen molar-refractivity contribution in [1.82, 2.24) is 4.90 Å². The molecule has 0 aliphatic rings. The molecule has 6 nitrogen and oxygen atoms in total. The summed E-state index contributed by atoms with van der Waals surface area (Å²) >= 11 is 0. The predicted molar refractivity (Wildman–Crippen MR) is 76.0 cm³/mol. The average molecular weight is 300 g/mol. The molecule has 0 aliphatic heterocycles. The number of hydrogen-bond donors (Lipinski definition) is 1. The smallest absolute Gasteiger partial charge is 0.253 e. The standard InChI is InChI=1S/C13H20N2O4S/c1-4-10-5-6-11(9-12(10)20(14,17)18)13(16)15(2)7-8-19-3/h5-6,9H,4,7-8H2,1-3H3,(H2,14,17,18). The topological polar surface area (TPSA) is 89.7 Å². The fourth-order valence-corrected chi connectivity index (χ4v) is 2.66. The summed E-state index contributed by atoms with van der Waals surface area (Å²) in [4.78, 5) is 13.6. The van der Waals surface area contributed by atoms with Crippen molar-refractivity contribution in [1.29, 1.82) is 0 Å². The van der Waals surface area contributed by atoms with Gasteiger partial charge in [-0.3, -0.25) is 4.79 Å². The molecule has 1 aromatic rings. The van der Waals surface area contributed by atoms with Gasteiger partial charge in [0.15, 0.2) is 0 Å². The van der Waals surface area contributed by atoms with Gasteiger partial charge in [0.05, 0.1) is 11.5 Å². The first-order valence-electron chi connectivity index (χ1n) is 6.21. The van der Waals surface area contributed by atoms with Crippen LogP contribution in [0.25, 0.3) is 0 Å². The molecule has 0 unspecified atom stereocenters. The number of carbonyl (C=O) groups is 1. The summed E-state index contributed by atoms with van der Waals surface area (Å²) < 4.78 is 28.0. The van der Waals surface area contributed by atoms with Crippen LogP contribution in [0.3, 0.4) is 0 Å². The molecule has 1 amide bonds. The highest BCUT2D eigenvalue weighted by Crippen LogP contribution is 2.18. The molecule has 20 heavy (non-hydrogen) atoms. The Labute approximate surface area is 119 Å². The lowest BCUT2D eigenvalue weighted by Crippen LogP contribution is -2.30. The molecule has 0 aliphatic carbocycles. The van der Waals surface area contributed by atoms with Crippen molar-refractivity contribution in [2.24, 2.45) is 5.14 Å². The molecule has 0 radical (unpaired) electrons. The first kappa shape index (κ1) is 16.6. The van der Waals surface area contributed by atoms with Gasteiger partial charge < -0.3 is 9.64 Å². The Morgan fingerprint density at radius 2 is 2.05 bits per heavy atom. The summed E-state index contributed by atoms with van der Waals surface area (Å²) in [7, 11) is -0.660. The van der Waals surface area contributed by atoms with Gasteiger partial charge in [0.1, 0.15) is 0 Å². The number of rotatable bonds is 6. The normalized spacial score (nSPS) is 11.4. The summed E-state index contributed by atoms with van der Waals surface area (Å²) in [6.07, 6.45) is 0.528. The van der Waals surface area contributed by atoms with Gasteiger partial charge in [-0.15, -0.1) is 0 Å². The average Bonchev–Trinajstić information content (AvgIpc) is 2.42. The molecule has 0 atom stereocenters. The Morgan fingerprint density at radius 1 is 1.40 bits per heavy atom. The second kappa shape index (κ2) is 6.83. The number of aryl methyl sites for hydroxylation is 1. The molecule has 0 spiro atoms. The number of hydrogen-bond acceptors (Lipinski definition) is 4. The third-order valence-electron chi connectivity index (χ3n) is 2.98. The van der Waals surface area contributed by atoms with Crippen molar-refractivity contribution in [3.8, 4) is 0 Å². The summed E-state index contributed by atoms with van der Waals surface area (Å²) in [6.45, 7) is 2.67. The SMILES string of the molecule is CCc1ccc(C(=O)N(C)CCOC)cc1S(N)(=O)=O. The van der Waals surface area contributed by atoms with E-state index < -0.39 is 10.0 Å². The van der Waals surface area contributed by atoms with Crippen LogP contribution in [0.4, 0.5) is 0 Å². The van der Waals surface area contributed by atoms with Crippen molar-refractivity contribution in [2.45, 2.75) is 18.2 Å². The van der Waals surface area contributed by atoms with E-state index in [2.05, 4.69) is 0 Å². The number of benzene rings is 1. The van der Waals surface area contributed by atoms with E-state index >= 15 is 0 Å². The predicted octanol–water partition coefficient (Wildman–Crippen LogP) is 0.615. The molecule has 1 aromatic carbocycles. The van der Waals surface area contributed by atoms with Gasteiger partial charge in [0, 0.05) is 26.3 Å². The van der Waals surface area contributed by atoms with E-state index in [1.807, 2.05) is 6.92 Å². The number of amides is 1. The number of nitrogens with two attached hydrogens (primary N) is 1. The minimum Gasteiger partial charge on any atom is -0.383 e. The van der Waals surface area contributed by atoms with Gasteiger partial charge in [-0.25, -0.2) is 13.6 Å². The number of likely N-dealkylation sites (N-methyl/N-ethyl adjacent to an activating group) is 1. The molecular weight excluding hydrogens is 280 g/mol. The zero-order chi connectivity index (χ0) is 15.3. The molecule has 0 bridgehead atoms. The second-order valence-electron chi connectivity index (χ2n) is 4.44. The van der Waals surface area contributed by atoms with E-state index in [1.54, 1.807) is 26.3 Å². The molecule has 0 saturated carbocycles. The lowest BCUT2D eigenvalue weighted by Gasteiger charge is -2.17. The van der Waals surface area contributed by atoms with Crippen LogP contribution in [0.2, 0.25) is 0 Å². The number of ether oxygens (including phenoxy) is 1. The molecule has 0 heterocycles. The fourth-order valence-electron chi connectivity index (χ4n) is 1.79. The number of carbonyl (C=O) groups excluding carboxylic acids is 1. The van der Waals surface area contributed by atoms with Crippen molar-refractivity contribution in [3.63, 3.8) is 0 Å². The molecule has 2 N–H and O–H groups in total. The second-order valence-corrected chi connectivity index (χ2v) is 5.97. The van der Waals surface area contributed by atoms with Crippen LogP contribution >= 0.6 is 0 Å². The van der Waals surface area contributed by atoms with Crippen LogP contribution in [0.5, 0.6) is 0 Å². The monoisotopic (exact) mass is 300 g/mol. The molecule has 0 saturated heterocycles. The van der Waals surface area contributed by atoms with E-state index in [0.717, 1.165) is 0 Å². The van der Waals surface area contributed by atoms with E-state index in [4.69, 9.17) is 9.88 Å². The highest BCUT2D eigenvalue weighted by Gasteiger charge is 2.18. The molecule has 112 valence electrons. The Morgan fingerprint density at radius 3 is 2.55 bits per heavy atom. The van der Waals surface area contributed by atoms with Crippen molar-refractivity contribution >= 4 is 15.9 Å². The van der Waals surface area contributed by atoms with Gasteiger partial charge in [0.25, 0.3) is 5.91 Å². The van der Waals surface area contributed by atoms with E-state index in [0.29, 0.717) is 30.7 Å². The third-order valence-corrected chi connectivity index (χ3v) is 3.97. The number of sulfonamides is 1. The minimum absolute atomic E-state index is 0.00555. The Kier molecular flexibility index (Phi) is 5.67. The quantitative estimate of drug-likeness (QED) is 0.833. The van der Waals surface area contributed by atoms with E-state index in [-0.39, 0.29) is 10.8 Å². The van der Waals surface area contributed by atoms with E-state index in [9.17, 15) is 13.2 Å². The number of methoxy groups -OCH3 is 1. The van der Waals surface area contributed by atoms with Crippen LogP contribution < -0.4 is 5.14 Å². The number of nitrogens with zero attached hydrogens (tertiary/aromatic N) is 1. The maximum absolute atomic E-state index is 12.2. The van der Waals surface area contributed by atoms with Crippen LogP contribution in [-0.4, -0.2) is 46.5 Å². The molecule has 7 heteroatoms. The lowest BCUT2D eigenvalue weighted by atomic mass is 10.1. The van der Waals surface area contributed by atoms with Crippen LogP contribution in [-0.2, 0) is 21.2 Å². The largest absolute Gasteiger partial charge is 0.383 e. The highest BCUT2D eigenvalue weighted by molar-refractivity contribution is 7.89. The maximum atomic E-state index is 12.2. The van der Waals surface area contributed by atoms with Gasteiger partial charge in [0.2, 0.25) is 10.0 Å². The molecule has 0 aromatic heterocycles. The molecule has 0 fully saturated rings. The Hall–Kier alpha value is -1.44. The van der Waals surface area contributed by atoms with Crippen LogP contribution in [0.1, 0.15) is 22.8 Å². The Bertz CT molecular complexity index is 584. The first-order chi connectivity index (χ1) is 9.31. The first-order valence-corrected chi connectivity index (χ1v) is 7.76. The van der Waals surface area contributed by atoms with Gasteiger partial charge in [-0.2, -0.15) is 0 Å². The zero-order valence-corrected chi connectivity index (χ0v) is 12.7. The summed E-state index contributed by atoms with van der Waals surface area (Å²) in [5, 5.41) is 5.19. The van der Waals surface area contributed by atoms with Gasteiger partial charge >= 0.3 is 0 Å². The minimum atomic E-state index is -3.84. The zero-order valence-electron chi connectivity index (χ0n) is 11.9. The van der Waals surface area contributed by atoms with Crippen molar-refractivity contribution in [2.75, 3.05) is 27.3 Å². The number of primary sulfonamides is 1.